The van der Waals surface area contributed by atoms with Gasteiger partial charge in [-0.1, -0.05) is 24.3 Å². The van der Waals surface area contributed by atoms with E-state index in [1.54, 1.807) is 6.07 Å². The lowest BCUT2D eigenvalue weighted by molar-refractivity contribution is 0.420. The van der Waals surface area contributed by atoms with Gasteiger partial charge in [0.05, 0.1) is 0 Å². The Morgan fingerprint density at radius 2 is 2.21 bits per heavy atom. The number of halogens is 1. The van der Waals surface area contributed by atoms with Crippen molar-refractivity contribution in [1.82, 2.24) is 5.32 Å². The first-order chi connectivity index (χ1) is 6.75. The van der Waals surface area contributed by atoms with Gasteiger partial charge in [0, 0.05) is 24.6 Å². The fourth-order valence-electron chi connectivity index (χ4n) is 1.45. The van der Waals surface area contributed by atoms with Gasteiger partial charge in [-0.15, -0.1) is 0 Å². The minimum absolute atomic E-state index is 0.131. The van der Waals surface area contributed by atoms with Crippen LogP contribution in [0.2, 0.25) is 0 Å². The highest BCUT2D eigenvalue weighted by Crippen LogP contribution is 2.14. The molecule has 14 heavy (non-hydrogen) atoms. The standard InChI is InChI=1S/C12H14FN/c1-9-2-4-11(12(13)6-9)5-3-10-7-14-8-10/h2-6,10,14H,7-8H2,1H3/b5-3+. The van der Waals surface area contributed by atoms with Gasteiger partial charge in [0.25, 0.3) is 0 Å². The van der Waals surface area contributed by atoms with Gasteiger partial charge in [-0.05, 0) is 18.6 Å². The van der Waals surface area contributed by atoms with E-state index in [-0.39, 0.29) is 5.82 Å². The fraction of sp³-hybridized carbons (Fsp3) is 0.333. The maximum Gasteiger partial charge on any atom is 0.130 e. The number of nitrogens with one attached hydrogen (secondary N) is 1. The summed E-state index contributed by atoms with van der Waals surface area (Å²) in [6, 6.07) is 5.33. The number of benzene rings is 1. The first-order valence-electron chi connectivity index (χ1n) is 4.91. The lowest BCUT2D eigenvalue weighted by Crippen LogP contribution is -2.40. The number of hydrogen-bond acceptors (Lipinski definition) is 1. The van der Waals surface area contributed by atoms with E-state index in [4.69, 9.17) is 0 Å². The predicted octanol–water partition coefficient (Wildman–Crippen LogP) is 2.37. The Bertz CT molecular complexity index is 353. The zero-order valence-corrected chi connectivity index (χ0v) is 8.26. The van der Waals surface area contributed by atoms with Gasteiger partial charge in [0.15, 0.2) is 0 Å². The highest BCUT2D eigenvalue weighted by atomic mass is 19.1. The van der Waals surface area contributed by atoms with E-state index in [0.717, 1.165) is 18.7 Å². The Morgan fingerprint density at radius 1 is 1.43 bits per heavy atom. The molecule has 1 aromatic rings. The Balaban J connectivity index is 2.11. The maximum absolute atomic E-state index is 13.4. The van der Waals surface area contributed by atoms with Crippen molar-refractivity contribution >= 4 is 6.08 Å². The van der Waals surface area contributed by atoms with Crippen molar-refractivity contribution in [3.8, 4) is 0 Å². The molecule has 0 aromatic heterocycles. The monoisotopic (exact) mass is 191 g/mol. The predicted molar refractivity (Wildman–Crippen MR) is 56.5 cm³/mol. The van der Waals surface area contributed by atoms with Crippen molar-refractivity contribution in [2.45, 2.75) is 6.92 Å². The highest BCUT2D eigenvalue weighted by molar-refractivity contribution is 5.51. The third-order valence-corrected chi connectivity index (χ3v) is 2.52. The third kappa shape index (κ3) is 2.02. The molecule has 1 aliphatic heterocycles. The van der Waals surface area contributed by atoms with Crippen LogP contribution in [0.5, 0.6) is 0 Å². The first-order valence-corrected chi connectivity index (χ1v) is 4.91. The molecule has 1 nitrogen and oxygen atoms in total. The molecule has 0 radical (unpaired) electrons. The summed E-state index contributed by atoms with van der Waals surface area (Å²) in [4.78, 5) is 0. The molecule has 0 amide bonds. The quantitative estimate of drug-likeness (QED) is 0.756. The van der Waals surface area contributed by atoms with Crippen LogP contribution in [0.15, 0.2) is 24.3 Å². The topological polar surface area (TPSA) is 12.0 Å². The number of aryl methyl sites for hydroxylation is 1. The molecule has 1 heterocycles. The van der Waals surface area contributed by atoms with Crippen LogP contribution in [0.25, 0.3) is 6.08 Å². The molecule has 0 bridgehead atoms. The molecular formula is C12H14FN. The Hall–Kier alpha value is -1.15. The molecule has 0 unspecified atom stereocenters. The van der Waals surface area contributed by atoms with Crippen LogP contribution in [-0.4, -0.2) is 13.1 Å². The fourth-order valence-corrected chi connectivity index (χ4v) is 1.45. The van der Waals surface area contributed by atoms with E-state index in [2.05, 4.69) is 11.4 Å². The Morgan fingerprint density at radius 3 is 2.79 bits per heavy atom. The number of hydrogen-bond donors (Lipinski definition) is 1. The molecule has 1 aromatic carbocycles. The summed E-state index contributed by atoms with van der Waals surface area (Å²) in [5, 5.41) is 3.18. The lowest BCUT2D eigenvalue weighted by atomic mass is 10.0. The van der Waals surface area contributed by atoms with Crippen LogP contribution in [0.4, 0.5) is 4.39 Å². The second-order valence-electron chi connectivity index (χ2n) is 3.80. The zero-order valence-electron chi connectivity index (χ0n) is 8.26. The highest BCUT2D eigenvalue weighted by Gasteiger charge is 2.12. The maximum atomic E-state index is 13.4. The molecule has 1 aliphatic rings. The van der Waals surface area contributed by atoms with Gasteiger partial charge in [0.1, 0.15) is 5.82 Å². The molecule has 0 saturated carbocycles. The normalized spacial score (nSPS) is 17.3. The van der Waals surface area contributed by atoms with Crippen molar-refractivity contribution in [2.75, 3.05) is 13.1 Å². The largest absolute Gasteiger partial charge is 0.315 e. The van der Waals surface area contributed by atoms with Gasteiger partial charge < -0.3 is 5.32 Å². The average Bonchev–Trinajstić information content (AvgIpc) is 2.05. The molecule has 74 valence electrons. The van der Waals surface area contributed by atoms with Crippen LogP contribution >= 0.6 is 0 Å². The molecule has 0 atom stereocenters. The summed E-state index contributed by atoms with van der Waals surface area (Å²) in [6.45, 7) is 3.93. The summed E-state index contributed by atoms with van der Waals surface area (Å²) in [7, 11) is 0. The summed E-state index contributed by atoms with van der Waals surface area (Å²) in [5.74, 6) is 0.448. The van der Waals surface area contributed by atoms with Gasteiger partial charge >= 0.3 is 0 Å². The van der Waals surface area contributed by atoms with Gasteiger partial charge in [-0.2, -0.15) is 0 Å². The van der Waals surface area contributed by atoms with Crippen LogP contribution in [-0.2, 0) is 0 Å². The molecule has 1 fully saturated rings. The van der Waals surface area contributed by atoms with Crippen molar-refractivity contribution in [1.29, 1.82) is 0 Å². The van der Waals surface area contributed by atoms with E-state index in [1.807, 2.05) is 25.1 Å². The van der Waals surface area contributed by atoms with Gasteiger partial charge in [-0.25, -0.2) is 4.39 Å². The molecular weight excluding hydrogens is 177 g/mol. The van der Waals surface area contributed by atoms with E-state index in [0.29, 0.717) is 11.5 Å². The molecule has 0 spiro atoms. The SMILES string of the molecule is Cc1ccc(/C=C/C2CNC2)c(F)c1. The summed E-state index contributed by atoms with van der Waals surface area (Å²) < 4.78 is 13.4. The minimum Gasteiger partial charge on any atom is -0.315 e. The number of rotatable bonds is 2. The van der Waals surface area contributed by atoms with Gasteiger partial charge in [0.2, 0.25) is 0 Å². The van der Waals surface area contributed by atoms with Crippen LogP contribution < -0.4 is 5.32 Å². The molecule has 2 heteroatoms. The van der Waals surface area contributed by atoms with Crippen molar-refractivity contribution in [3.63, 3.8) is 0 Å². The van der Waals surface area contributed by atoms with Crippen LogP contribution in [0, 0.1) is 18.7 Å². The van der Waals surface area contributed by atoms with Crippen molar-refractivity contribution in [3.05, 3.63) is 41.2 Å². The second-order valence-corrected chi connectivity index (χ2v) is 3.80. The summed E-state index contributed by atoms with van der Waals surface area (Å²) in [6.07, 6.45) is 3.95. The molecule has 2 rings (SSSR count). The Labute approximate surface area is 83.6 Å². The van der Waals surface area contributed by atoms with Gasteiger partial charge in [-0.3, -0.25) is 0 Å². The average molecular weight is 191 g/mol. The minimum atomic E-state index is -0.131. The summed E-state index contributed by atoms with van der Waals surface area (Å²) in [5.41, 5.74) is 1.65. The zero-order chi connectivity index (χ0) is 9.97. The van der Waals surface area contributed by atoms with E-state index in [1.165, 1.54) is 0 Å². The van der Waals surface area contributed by atoms with E-state index >= 15 is 0 Å². The third-order valence-electron chi connectivity index (χ3n) is 2.52. The smallest absolute Gasteiger partial charge is 0.130 e. The van der Waals surface area contributed by atoms with Crippen molar-refractivity contribution < 1.29 is 4.39 Å². The van der Waals surface area contributed by atoms with E-state index < -0.39 is 0 Å². The molecule has 1 saturated heterocycles. The second kappa shape index (κ2) is 3.93. The summed E-state index contributed by atoms with van der Waals surface area (Å²) >= 11 is 0. The lowest BCUT2D eigenvalue weighted by Gasteiger charge is -2.23. The van der Waals surface area contributed by atoms with Crippen LogP contribution in [0.1, 0.15) is 11.1 Å². The Kier molecular flexibility index (Phi) is 2.64. The first kappa shape index (κ1) is 9.41. The molecule has 0 aliphatic carbocycles. The van der Waals surface area contributed by atoms with E-state index in [9.17, 15) is 4.39 Å². The molecule has 1 N–H and O–H groups in total. The van der Waals surface area contributed by atoms with Crippen molar-refractivity contribution in [2.24, 2.45) is 5.92 Å². The van der Waals surface area contributed by atoms with Crippen LogP contribution in [0.3, 0.4) is 0 Å².